The lowest BCUT2D eigenvalue weighted by atomic mass is 9.68. The molecular formula is C15H25N. The second-order valence-electron chi connectivity index (χ2n) is 7.26. The summed E-state index contributed by atoms with van der Waals surface area (Å²) in [7, 11) is 0. The van der Waals surface area contributed by atoms with Gasteiger partial charge in [-0.05, 0) is 49.9 Å². The molecule has 1 heteroatoms. The van der Waals surface area contributed by atoms with Crippen LogP contribution in [0.4, 0.5) is 0 Å². The van der Waals surface area contributed by atoms with E-state index in [1.54, 1.807) is 0 Å². The van der Waals surface area contributed by atoms with Crippen molar-refractivity contribution in [3.8, 4) is 12.3 Å². The van der Waals surface area contributed by atoms with Gasteiger partial charge >= 0.3 is 0 Å². The van der Waals surface area contributed by atoms with E-state index < -0.39 is 0 Å². The molecule has 0 aliphatic heterocycles. The molecule has 16 heavy (non-hydrogen) atoms. The fourth-order valence-electron chi connectivity index (χ4n) is 4.06. The van der Waals surface area contributed by atoms with Gasteiger partial charge in [0.05, 0.1) is 5.54 Å². The van der Waals surface area contributed by atoms with Gasteiger partial charge in [-0.1, -0.05) is 26.7 Å². The van der Waals surface area contributed by atoms with Crippen LogP contribution < -0.4 is 5.32 Å². The summed E-state index contributed by atoms with van der Waals surface area (Å²) in [5.41, 5.74) is 0.666. The summed E-state index contributed by atoms with van der Waals surface area (Å²) in [6.07, 6.45) is 9.74. The summed E-state index contributed by atoms with van der Waals surface area (Å²) < 4.78 is 0. The van der Waals surface area contributed by atoms with Gasteiger partial charge in [0.1, 0.15) is 0 Å². The molecule has 2 aliphatic rings. The quantitative estimate of drug-likeness (QED) is 0.703. The van der Waals surface area contributed by atoms with Crippen LogP contribution in [-0.4, -0.2) is 11.6 Å². The number of rotatable bonds is 2. The van der Waals surface area contributed by atoms with Gasteiger partial charge in [-0.25, -0.2) is 0 Å². The van der Waals surface area contributed by atoms with E-state index in [2.05, 4.69) is 45.9 Å². The van der Waals surface area contributed by atoms with E-state index >= 15 is 0 Å². The van der Waals surface area contributed by atoms with Crippen LogP contribution in [0.1, 0.15) is 53.9 Å². The summed E-state index contributed by atoms with van der Waals surface area (Å²) >= 11 is 0. The van der Waals surface area contributed by atoms with Crippen LogP contribution in [0, 0.1) is 29.1 Å². The molecule has 1 nitrogen and oxygen atoms in total. The lowest BCUT2D eigenvalue weighted by Crippen LogP contribution is -2.56. The van der Waals surface area contributed by atoms with Crippen LogP contribution in [0.5, 0.6) is 0 Å². The third-order valence-corrected chi connectivity index (χ3v) is 5.14. The molecule has 2 saturated carbocycles. The van der Waals surface area contributed by atoms with Crippen molar-refractivity contribution in [3.63, 3.8) is 0 Å². The zero-order valence-corrected chi connectivity index (χ0v) is 11.4. The van der Waals surface area contributed by atoms with Crippen LogP contribution in [0.2, 0.25) is 0 Å². The normalized spacial score (nSPS) is 41.0. The molecule has 0 amide bonds. The second-order valence-corrected chi connectivity index (χ2v) is 7.26. The standard InChI is InChI=1S/C15H25N/c1-7-13(2,3)16-12-14(4,5)11-8-9-15(12,6)10-11/h1,11-12,16H,8-10H2,2-6H3. The van der Waals surface area contributed by atoms with E-state index in [9.17, 15) is 0 Å². The third-order valence-electron chi connectivity index (χ3n) is 5.14. The number of hydrogen-bond acceptors (Lipinski definition) is 1. The van der Waals surface area contributed by atoms with Gasteiger partial charge in [-0.15, -0.1) is 6.42 Å². The van der Waals surface area contributed by atoms with Crippen molar-refractivity contribution in [1.29, 1.82) is 0 Å². The van der Waals surface area contributed by atoms with Gasteiger partial charge in [0.2, 0.25) is 0 Å². The van der Waals surface area contributed by atoms with E-state index in [0.717, 1.165) is 5.92 Å². The molecule has 0 heterocycles. The number of nitrogens with one attached hydrogen (secondary N) is 1. The van der Waals surface area contributed by atoms with Crippen LogP contribution in [0.15, 0.2) is 0 Å². The van der Waals surface area contributed by atoms with Crippen molar-refractivity contribution >= 4 is 0 Å². The van der Waals surface area contributed by atoms with E-state index in [4.69, 9.17) is 6.42 Å². The minimum Gasteiger partial charge on any atom is -0.298 e. The predicted octanol–water partition coefficient (Wildman–Crippen LogP) is 3.20. The van der Waals surface area contributed by atoms with E-state index in [0.29, 0.717) is 16.9 Å². The highest BCUT2D eigenvalue weighted by molar-refractivity contribution is 5.17. The molecule has 1 N–H and O–H groups in total. The highest BCUT2D eigenvalue weighted by atomic mass is 15.0. The predicted molar refractivity (Wildman–Crippen MR) is 69.1 cm³/mol. The van der Waals surface area contributed by atoms with Crippen LogP contribution >= 0.6 is 0 Å². The minimum atomic E-state index is -0.185. The molecule has 2 rings (SSSR count). The molecule has 0 saturated heterocycles. The van der Waals surface area contributed by atoms with E-state index in [-0.39, 0.29) is 5.54 Å². The first-order valence-corrected chi connectivity index (χ1v) is 6.47. The molecule has 3 atom stereocenters. The van der Waals surface area contributed by atoms with Gasteiger partial charge in [-0.3, -0.25) is 5.32 Å². The van der Waals surface area contributed by atoms with Crippen molar-refractivity contribution in [2.24, 2.45) is 16.7 Å². The zero-order valence-electron chi connectivity index (χ0n) is 11.4. The Morgan fingerprint density at radius 3 is 2.38 bits per heavy atom. The molecule has 2 fully saturated rings. The SMILES string of the molecule is C#CC(C)(C)NC1C2(C)CCC(C2)C1(C)C. The summed E-state index contributed by atoms with van der Waals surface area (Å²) in [4.78, 5) is 0. The second kappa shape index (κ2) is 3.26. The Bertz CT molecular complexity index is 329. The molecule has 2 aliphatic carbocycles. The van der Waals surface area contributed by atoms with Crippen molar-refractivity contribution in [2.45, 2.75) is 65.5 Å². The Hall–Kier alpha value is -0.480. The molecule has 2 bridgehead atoms. The first-order chi connectivity index (χ1) is 7.21. The molecule has 0 radical (unpaired) electrons. The summed E-state index contributed by atoms with van der Waals surface area (Å²) in [5, 5.41) is 3.73. The fourth-order valence-corrected chi connectivity index (χ4v) is 4.06. The molecule has 0 spiro atoms. The lowest BCUT2D eigenvalue weighted by Gasteiger charge is -2.46. The third kappa shape index (κ3) is 1.59. The maximum Gasteiger partial charge on any atom is 0.0743 e. The fraction of sp³-hybridized carbons (Fsp3) is 0.867. The van der Waals surface area contributed by atoms with Crippen molar-refractivity contribution in [1.82, 2.24) is 5.32 Å². The largest absolute Gasteiger partial charge is 0.298 e. The summed E-state index contributed by atoms with van der Waals surface area (Å²) in [6.45, 7) is 11.5. The zero-order chi connectivity index (χ0) is 12.2. The Morgan fingerprint density at radius 1 is 1.31 bits per heavy atom. The van der Waals surface area contributed by atoms with Gasteiger partial charge in [0.15, 0.2) is 0 Å². The van der Waals surface area contributed by atoms with E-state index in [1.807, 2.05) is 0 Å². The molecule has 3 unspecified atom stereocenters. The van der Waals surface area contributed by atoms with Crippen molar-refractivity contribution in [2.75, 3.05) is 0 Å². The molecule has 0 aromatic carbocycles. The molecule has 0 aromatic heterocycles. The van der Waals surface area contributed by atoms with Crippen molar-refractivity contribution in [3.05, 3.63) is 0 Å². The first-order valence-electron chi connectivity index (χ1n) is 6.47. The molecule has 0 aromatic rings. The first kappa shape index (κ1) is 12.0. The highest BCUT2D eigenvalue weighted by Crippen LogP contribution is 2.62. The molecular weight excluding hydrogens is 194 g/mol. The van der Waals surface area contributed by atoms with Crippen LogP contribution in [-0.2, 0) is 0 Å². The maximum atomic E-state index is 5.60. The van der Waals surface area contributed by atoms with E-state index in [1.165, 1.54) is 19.3 Å². The Kier molecular flexibility index (Phi) is 2.45. The van der Waals surface area contributed by atoms with Gasteiger partial charge in [0.25, 0.3) is 0 Å². The monoisotopic (exact) mass is 219 g/mol. The van der Waals surface area contributed by atoms with Gasteiger partial charge in [-0.2, -0.15) is 0 Å². The summed E-state index contributed by atoms with van der Waals surface area (Å²) in [5.74, 6) is 3.75. The number of fused-ring (bicyclic) bond motifs is 2. The number of terminal acetylenes is 1. The minimum absolute atomic E-state index is 0.185. The van der Waals surface area contributed by atoms with Gasteiger partial charge in [0, 0.05) is 6.04 Å². The Balaban J connectivity index is 2.24. The Morgan fingerprint density at radius 2 is 1.94 bits per heavy atom. The van der Waals surface area contributed by atoms with Crippen molar-refractivity contribution < 1.29 is 0 Å². The highest BCUT2D eigenvalue weighted by Gasteiger charge is 2.59. The summed E-state index contributed by atoms with van der Waals surface area (Å²) in [6, 6.07) is 0.560. The average Bonchev–Trinajstić information content (AvgIpc) is 2.64. The topological polar surface area (TPSA) is 12.0 Å². The molecule has 90 valence electrons. The lowest BCUT2D eigenvalue weighted by molar-refractivity contribution is 0.0934. The maximum absolute atomic E-state index is 5.60. The average molecular weight is 219 g/mol. The number of hydrogen-bond donors (Lipinski definition) is 1. The van der Waals surface area contributed by atoms with Crippen LogP contribution in [0.25, 0.3) is 0 Å². The van der Waals surface area contributed by atoms with Gasteiger partial charge < -0.3 is 0 Å². The van der Waals surface area contributed by atoms with Crippen LogP contribution in [0.3, 0.4) is 0 Å². The smallest absolute Gasteiger partial charge is 0.0743 e. The Labute approximate surface area is 100 Å².